The zero-order valence-electron chi connectivity index (χ0n) is 15.7. The SMILES string of the molecule is CN=C(NCc1ccc2c(c1)COC2)N1CCN(c2cnn(C)c2)C(=O)C1. The minimum absolute atomic E-state index is 0.0480. The Balaban J connectivity index is 1.37. The van der Waals surface area contributed by atoms with E-state index in [1.807, 2.05) is 18.1 Å². The van der Waals surface area contributed by atoms with E-state index in [0.29, 0.717) is 32.8 Å². The van der Waals surface area contributed by atoms with Gasteiger partial charge in [-0.1, -0.05) is 18.2 Å². The van der Waals surface area contributed by atoms with Crippen molar-refractivity contribution in [3.8, 4) is 0 Å². The molecule has 8 nitrogen and oxygen atoms in total. The fourth-order valence-corrected chi connectivity index (χ4v) is 3.52. The minimum atomic E-state index is 0.0480. The Morgan fingerprint density at radius 3 is 2.89 bits per heavy atom. The Kier molecular flexibility index (Phi) is 4.81. The summed E-state index contributed by atoms with van der Waals surface area (Å²) < 4.78 is 7.18. The van der Waals surface area contributed by atoms with Crippen LogP contribution in [0.15, 0.2) is 35.6 Å². The Labute approximate surface area is 158 Å². The second-order valence-corrected chi connectivity index (χ2v) is 6.84. The molecule has 1 aromatic carbocycles. The number of benzene rings is 1. The first-order valence-corrected chi connectivity index (χ1v) is 9.07. The van der Waals surface area contributed by atoms with Crippen molar-refractivity contribution in [3.05, 3.63) is 47.3 Å². The molecule has 1 saturated heterocycles. The molecule has 0 bridgehead atoms. The molecule has 0 atom stereocenters. The number of hydrogen-bond donors (Lipinski definition) is 1. The summed E-state index contributed by atoms with van der Waals surface area (Å²) in [6, 6.07) is 6.41. The van der Waals surface area contributed by atoms with Gasteiger partial charge in [-0.15, -0.1) is 0 Å². The van der Waals surface area contributed by atoms with Gasteiger partial charge in [0, 0.05) is 39.9 Å². The summed E-state index contributed by atoms with van der Waals surface area (Å²) in [5.41, 5.74) is 4.54. The van der Waals surface area contributed by atoms with Crippen LogP contribution in [0.1, 0.15) is 16.7 Å². The second-order valence-electron chi connectivity index (χ2n) is 6.84. The zero-order chi connectivity index (χ0) is 18.8. The molecule has 0 saturated carbocycles. The molecule has 2 aliphatic rings. The van der Waals surface area contributed by atoms with Gasteiger partial charge >= 0.3 is 0 Å². The molecule has 1 amide bonds. The third-order valence-corrected chi connectivity index (χ3v) is 4.97. The first-order chi connectivity index (χ1) is 13.1. The number of hydrogen-bond acceptors (Lipinski definition) is 4. The number of nitrogens with one attached hydrogen (secondary N) is 1. The van der Waals surface area contributed by atoms with E-state index in [1.165, 1.54) is 16.7 Å². The number of anilines is 1. The van der Waals surface area contributed by atoms with Crippen molar-refractivity contribution >= 4 is 17.6 Å². The molecule has 1 aromatic heterocycles. The van der Waals surface area contributed by atoms with E-state index in [4.69, 9.17) is 4.74 Å². The lowest BCUT2D eigenvalue weighted by Crippen LogP contribution is -2.55. The number of nitrogens with zero attached hydrogens (tertiary/aromatic N) is 5. The largest absolute Gasteiger partial charge is 0.372 e. The summed E-state index contributed by atoms with van der Waals surface area (Å²) in [4.78, 5) is 20.7. The van der Waals surface area contributed by atoms with Crippen LogP contribution in [0.3, 0.4) is 0 Å². The Morgan fingerprint density at radius 1 is 1.30 bits per heavy atom. The molecular formula is C19H24N6O2. The van der Waals surface area contributed by atoms with Gasteiger partial charge in [-0.25, -0.2) is 0 Å². The first-order valence-electron chi connectivity index (χ1n) is 9.07. The molecule has 1 fully saturated rings. The van der Waals surface area contributed by atoms with Crippen LogP contribution in [0.5, 0.6) is 0 Å². The number of rotatable bonds is 3. The van der Waals surface area contributed by atoms with Crippen LogP contribution >= 0.6 is 0 Å². The molecule has 2 aromatic rings. The van der Waals surface area contributed by atoms with Crippen LogP contribution < -0.4 is 10.2 Å². The highest BCUT2D eigenvalue weighted by molar-refractivity contribution is 5.98. The molecule has 27 heavy (non-hydrogen) atoms. The molecule has 0 unspecified atom stereocenters. The van der Waals surface area contributed by atoms with Gasteiger partial charge < -0.3 is 19.9 Å². The van der Waals surface area contributed by atoms with E-state index in [1.54, 1.807) is 22.8 Å². The Morgan fingerprint density at radius 2 is 2.15 bits per heavy atom. The topological polar surface area (TPSA) is 75.0 Å². The number of carbonyl (C=O) groups is 1. The highest BCUT2D eigenvalue weighted by atomic mass is 16.5. The molecule has 0 aliphatic carbocycles. The van der Waals surface area contributed by atoms with E-state index >= 15 is 0 Å². The number of piperazine rings is 1. The molecule has 142 valence electrons. The average Bonchev–Trinajstić information content (AvgIpc) is 3.30. The molecule has 3 heterocycles. The monoisotopic (exact) mass is 368 g/mol. The summed E-state index contributed by atoms with van der Waals surface area (Å²) in [5.74, 6) is 0.790. The number of ether oxygens (including phenoxy) is 1. The Bertz CT molecular complexity index is 875. The van der Waals surface area contributed by atoms with E-state index < -0.39 is 0 Å². The summed E-state index contributed by atoms with van der Waals surface area (Å²) in [7, 11) is 3.60. The number of aromatic nitrogens is 2. The number of guanidine groups is 1. The van der Waals surface area contributed by atoms with Crippen molar-refractivity contribution in [3.63, 3.8) is 0 Å². The molecule has 8 heteroatoms. The van der Waals surface area contributed by atoms with Gasteiger partial charge in [0.25, 0.3) is 0 Å². The van der Waals surface area contributed by atoms with Gasteiger partial charge in [0.05, 0.1) is 25.1 Å². The van der Waals surface area contributed by atoms with Crippen molar-refractivity contribution in [2.75, 3.05) is 31.6 Å². The third-order valence-electron chi connectivity index (χ3n) is 4.97. The predicted molar refractivity (Wildman–Crippen MR) is 102 cm³/mol. The molecule has 0 radical (unpaired) electrons. The van der Waals surface area contributed by atoms with Crippen molar-refractivity contribution in [1.29, 1.82) is 0 Å². The van der Waals surface area contributed by atoms with Crippen LogP contribution in [0.2, 0.25) is 0 Å². The summed E-state index contributed by atoms with van der Waals surface area (Å²) in [6.07, 6.45) is 3.58. The van der Waals surface area contributed by atoms with Crippen LogP contribution in [0.4, 0.5) is 5.69 Å². The number of carbonyl (C=O) groups excluding carboxylic acids is 1. The first kappa shape index (κ1) is 17.5. The van der Waals surface area contributed by atoms with E-state index in [9.17, 15) is 4.79 Å². The highest BCUT2D eigenvalue weighted by Crippen LogP contribution is 2.21. The van der Waals surface area contributed by atoms with Crippen LogP contribution in [-0.2, 0) is 36.3 Å². The highest BCUT2D eigenvalue weighted by Gasteiger charge is 2.27. The van der Waals surface area contributed by atoms with Crippen molar-refractivity contribution < 1.29 is 9.53 Å². The summed E-state index contributed by atoms with van der Waals surface area (Å²) in [6.45, 7) is 3.68. The predicted octanol–water partition coefficient (Wildman–Crippen LogP) is 0.874. The van der Waals surface area contributed by atoms with Gasteiger partial charge in [0.15, 0.2) is 5.96 Å². The van der Waals surface area contributed by atoms with Gasteiger partial charge in [0.2, 0.25) is 5.91 Å². The molecular weight excluding hydrogens is 344 g/mol. The average molecular weight is 368 g/mol. The quantitative estimate of drug-likeness (QED) is 0.643. The maximum absolute atomic E-state index is 12.6. The zero-order valence-corrected chi connectivity index (χ0v) is 15.7. The van der Waals surface area contributed by atoms with Gasteiger partial charge in [-0.05, 0) is 16.7 Å². The number of amides is 1. The molecule has 1 N–H and O–H groups in total. The maximum atomic E-state index is 12.6. The van der Waals surface area contributed by atoms with Gasteiger partial charge in [0.1, 0.15) is 6.54 Å². The van der Waals surface area contributed by atoms with Crippen molar-refractivity contribution in [2.45, 2.75) is 19.8 Å². The summed E-state index contributed by atoms with van der Waals surface area (Å²) >= 11 is 0. The van der Waals surface area contributed by atoms with E-state index in [0.717, 1.165) is 18.2 Å². The normalized spacial score (nSPS) is 17.4. The maximum Gasteiger partial charge on any atom is 0.246 e. The minimum Gasteiger partial charge on any atom is -0.372 e. The fraction of sp³-hybridized carbons (Fsp3) is 0.421. The molecule has 4 rings (SSSR count). The molecule has 0 spiro atoms. The smallest absolute Gasteiger partial charge is 0.246 e. The lowest BCUT2D eigenvalue weighted by molar-refractivity contribution is -0.120. The van der Waals surface area contributed by atoms with Crippen molar-refractivity contribution in [1.82, 2.24) is 20.0 Å². The standard InChI is InChI=1S/C19H24N6O2/c1-20-19(21-8-14-3-4-15-12-27-13-16(15)7-14)24-5-6-25(18(26)11-24)17-9-22-23(2)10-17/h3-4,7,9-10H,5-6,8,11-13H2,1-2H3,(H,20,21). The second kappa shape index (κ2) is 7.40. The summed E-state index contributed by atoms with van der Waals surface area (Å²) in [5, 5.41) is 7.52. The number of aliphatic imine (C=N–C) groups is 1. The molecule has 2 aliphatic heterocycles. The van der Waals surface area contributed by atoms with Crippen molar-refractivity contribution in [2.24, 2.45) is 12.0 Å². The van der Waals surface area contributed by atoms with E-state index in [2.05, 4.69) is 33.6 Å². The number of aryl methyl sites for hydroxylation is 1. The lowest BCUT2D eigenvalue weighted by Gasteiger charge is -2.35. The van der Waals surface area contributed by atoms with Crippen LogP contribution in [0.25, 0.3) is 0 Å². The van der Waals surface area contributed by atoms with Crippen LogP contribution in [0, 0.1) is 0 Å². The van der Waals surface area contributed by atoms with Gasteiger partial charge in [-0.2, -0.15) is 5.10 Å². The Hall–Kier alpha value is -2.87. The van der Waals surface area contributed by atoms with E-state index in [-0.39, 0.29) is 5.91 Å². The third kappa shape index (κ3) is 3.66. The van der Waals surface area contributed by atoms with Gasteiger partial charge in [-0.3, -0.25) is 14.5 Å². The number of fused-ring (bicyclic) bond motifs is 1. The lowest BCUT2D eigenvalue weighted by atomic mass is 10.1. The van der Waals surface area contributed by atoms with Crippen LogP contribution in [-0.4, -0.2) is 53.2 Å². The fourth-order valence-electron chi connectivity index (χ4n) is 3.52.